The number of aromatic nitrogens is 1. The number of thiazole rings is 1. The molecule has 0 aliphatic rings. The van der Waals surface area contributed by atoms with Crippen LogP contribution in [0.15, 0.2) is 5.38 Å². The highest BCUT2D eigenvalue weighted by Gasteiger charge is 2.12. The minimum atomic E-state index is 0.255. The van der Waals surface area contributed by atoms with Crippen molar-refractivity contribution in [3.05, 3.63) is 16.1 Å². The summed E-state index contributed by atoms with van der Waals surface area (Å²) >= 11 is 1.73. The van der Waals surface area contributed by atoms with Crippen molar-refractivity contribution in [1.29, 1.82) is 0 Å². The number of rotatable bonds is 5. The predicted molar refractivity (Wildman–Crippen MR) is 62.9 cm³/mol. The largest absolute Gasteiger partial charge is 0.311 e. The fourth-order valence-corrected chi connectivity index (χ4v) is 1.82. The lowest BCUT2D eigenvalue weighted by atomic mass is 10.0. The van der Waals surface area contributed by atoms with Crippen LogP contribution in [0.25, 0.3) is 0 Å². The van der Waals surface area contributed by atoms with Crippen molar-refractivity contribution in [3.8, 4) is 0 Å². The molecule has 0 spiro atoms. The molecule has 0 amide bonds. The third-order valence-electron chi connectivity index (χ3n) is 2.54. The van der Waals surface area contributed by atoms with Gasteiger partial charge in [0, 0.05) is 23.9 Å². The minimum Gasteiger partial charge on any atom is -0.311 e. The van der Waals surface area contributed by atoms with E-state index in [2.05, 4.69) is 43.4 Å². The Balaban J connectivity index is 2.28. The van der Waals surface area contributed by atoms with Crippen LogP contribution < -0.4 is 5.32 Å². The Morgan fingerprint density at radius 3 is 2.71 bits per heavy atom. The number of hydrogen-bond acceptors (Lipinski definition) is 3. The monoisotopic (exact) mass is 212 g/mol. The van der Waals surface area contributed by atoms with E-state index < -0.39 is 0 Å². The normalized spacial score (nSPS) is 12.0. The van der Waals surface area contributed by atoms with Gasteiger partial charge in [0.1, 0.15) is 0 Å². The molecule has 0 aliphatic heterocycles. The van der Waals surface area contributed by atoms with Gasteiger partial charge in [-0.25, -0.2) is 4.98 Å². The first-order valence-corrected chi connectivity index (χ1v) is 6.07. The minimum absolute atomic E-state index is 0.255. The first-order chi connectivity index (χ1) is 6.53. The third kappa shape index (κ3) is 3.76. The van der Waals surface area contributed by atoms with Gasteiger partial charge in [0.2, 0.25) is 0 Å². The average Bonchev–Trinajstić information content (AvgIpc) is 2.51. The molecule has 1 aromatic heterocycles. The van der Waals surface area contributed by atoms with Gasteiger partial charge in [0.25, 0.3) is 0 Å². The molecule has 0 atom stereocenters. The van der Waals surface area contributed by atoms with E-state index >= 15 is 0 Å². The van der Waals surface area contributed by atoms with Crippen LogP contribution in [0.1, 0.15) is 37.9 Å². The lowest BCUT2D eigenvalue weighted by Crippen LogP contribution is -2.39. The van der Waals surface area contributed by atoms with Crippen LogP contribution in [0.4, 0.5) is 0 Å². The van der Waals surface area contributed by atoms with Crippen molar-refractivity contribution >= 4 is 11.3 Å². The Hall–Kier alpha value is -0.410. The number of nitrogens with one attached hydrogen (secondary N) is 1. The topological polar surface area (TPSA) is 24.9 Å². The fraction of sp³-hybridized carbons (Fsp3) is 0.727. The van der Waals surface area contributed by atoms with Crippen molar-refractivity contribution in [3.63, 3.8) is 0 Å². The summed E-state index contributed by atoms with van der Waals surface area (Å²) in [6, 6.07) is 0. The van der Waals surface area contributed by atoms with E-state index in [1.54, 1.807) is 11.3 Å². The van der Waals surface area contributed by atoms with Gasteiger partial charge in [-0.15, -0.1) is 11.3 Å². The Bertz CT molecular complexity index is 279. The molecule has 0 aliphatic carbocycles. The van der Waals surface area contributed by atoms with Gasteiger partial charge >= 0.3 is 0 Å². The lowest BCUT2D eigenvalue weighted by Gasteiger charge is -2.24. The molecule has 0 fully saturated rings. The zero-order valence-corrected chi connectivity index (χ0v) is 10.4. The molecular formula is C11H20N2S. The van der Waals surface area contributed by atoms with E-state index in [1.807, 2.05) is 0 Å². The highest BCUT2D eigenvalue weighted by molar-refractivity contribution is 7.09. The maximum absolute atomic E-state index is 4.43. The second kappa shape index (κ2) is 4.89. The molecule has 2 nitrogen and oxygen atoms in total. The zero-order chi connectivity index (χ0) is 10.6. The van der Waals surface area contributed by atoms with Gasteiger partial charge in [0.05, 0.1) is 10.7 Å². The maximum atomic E-state index is 4.43. The Morgan fingerprint density at radius 2 is 2.21 bits per heavy atom. The second-order valence-electron chi connectivity index (χ2n) is 4.27. The molecule has 1 heterocycles. The van der Waals surface area contributed by atoms with E-state index in [-0.39, 0.29) is 5.54 Å². The van der Waals surface area contributed by atoms with Gasteiger partial charge in [0.15, 0.2) is 0 Å². The smallest absolute Gasteiger partial charge is 0.0897 e. The standard InChI is InChI=1S/C11H20N2S/c1-5-11(3,4)12-7-6-10-8-14-9(2)13-10/h8,12H,5-7H2,1-4H3. The fourth-order valence-electron chi connectivity index (χ4n) is 1.18. The number of nitrogens with zero attached hydrogens (tertiary/aromatic N) is 1. The van der Waals surface area contributed by atoms with Crippen LogP contribution >= 0.6 is 11.3 Å². The molecule has 0 saturated heterocycles. The first kappa shape index (κ1) is 11.7. The summed E-state index contributed by atoms with van der Waals surface area (Å²) in [5, 5.41) is 6.84. The van der Waals surface area contributed by atoms with Gasteiger partial charge in [-0.1, -0.05) is 6.92 Å². The van der Waals surface area contributed by atoms with Gasteiger partial charge in [-0.2, -0.15) is 0 Å². The summed E-state index contributed by atoms with van der Waals surface area (Å²) in [5.74, 6) is 0. The molecule has 1 aromatic rings. The molecular weight excluding hydrogens is 192 g/mol. The van der Waals surface area contributed by atoms with Crippen LogP contribution in [0.2, 0.25) is 0 Å². The van der Waals surface area contributed by atoms with Crippen molar-refractivity contribution < 1.29 is 0 Å². The van der Waals surface area contributed by atoms with E-state index in [4.69, 9.17) is 0 Å². The van der Waals surface area contributed by atoms with Gasteiger partial charge in [-0.3, -0.25) is 0 Å². The molecule has 1 rings (SSSR count). The van der Waals surface area contributed by atoms with Crippen molar-refractivity contribution in [2.75, 3.05) is 6.54 Å². The van der Waals surface area contributed by atoms with Crippen LogP contribution in [0.3, 0.4) is 0 Å². The molecule has 0 radical (unpaired) electrons. The third-order valence-corrected chi connectivity index (χ3v) is 3.36. The Kier molecular flexibility index (Phi) is 4.08. The summed E-state index contributed by atoms with van der Waals surface area (Å²) < 4.78 is 0. The highest BCUT2D eigenvalue weighted by atomic mass is 32.1. The van der Waals surface area contributed by atoms with Crippen LogP contribution in [0, 0.1) is 6.92 Å². The van der Waals surface area contributed by atoms with Crippen molar-refractivity contribution in [2.45, 2.75) is 46.1 Å². The van der Waals surface area contributed by atoms with Crippen molar-refractivity contribution in [1.82, 2.24) is 10.3 Å². The van der Waals surface area contributed by atoms with E-state index in [0.29, 0.717) is 0 Å². The van der Waals surface area contributed by atoms with E-state index in [9.17, 15) is 0 Å². The SMILES string of the molecule is CCC(C)(C)NCCc1csc(C)n1. The van der Waals surface area contributed by atoms with Crippen molar-refractivity contribution in [2.24, 2.45) is 0 Å². The second-order valence-corrected chi connectivity index (χ2v) is 5.33. The maximum Gasteiger partial charge on any atom is 0.0897 e. The zero-order valence-electron chi connectivity index (χ0n) is 9.55. The molecule has 3 heteroatoms. The van der Waals surface area contributed by atoms with E-state index in [1.165, 1.54) is 5.69 Å². The number of hydrogen-bond donors (Lipinski definition) is 1. The number of aryl methyl sites for hydroxylation is 1. The van der Waals surface area contributed by atoms with Gasteiger partial charge in [-0.05, 0) is 27.2 Å². The molecule has 0 saturated carbocycles. The van der Waals surface area contributed by atoms with Crippen LogP contribution in [-0.4, -0.2) is 17.1 Å². The summed E-state index contributed by atoms with van der Waals surface area (Å²) in [5.41, 5.74) is 1.47. The quantitative estimate of drug-likeness (QED) is 0.812. The molecule has 14 heavy (non-hydrogen) atoms. The molecule has 0 aromatic carbocycles. The van der Waals surface area contributed by atoms with Crippen LogP contribution in [0.5, 0.6) is 0 Å². The van der Waals surface area contributed by atoms with Gasteiger partial charge < -0.3 is 5.32 Å². The Labute approximate surface area is 90.8 Å². The summed E-state index contributed by atoms with van der Waals surface area (Å²) in [4.78, 5) is 4.43. The summed E-state index contributed by atoms with van der Waals surface area (Å²) in [7, 11) is 0. The molecule has 0 bridgehead atoms. The molecule has 0 unspecified atom stereocenters. The van der Waals surface area contributed by atoms with Crippen LogP contribution in [-0.2, 0) is 6.42 Å². The van der Waals surface area contributed by atoms with E-state index in [0.717, 1.165) is 24.4 Å². The molecule has 1 N–H and O–H groups in total. The molecule has 80 valence electrons. The first-order valence-electron chi connectivity index (χ1n) is 5.19. The summed E-state index contributed by atoms with van der Waals surface area (Å²) in [6.07, 6.45) is 2.19. The lowest BCUT2D eigenvalue weighted by molar-refractivity contribution is 0.379. The average molecular weight is 212 g/mol. The summed E-state index contributed by atoms with van der Waals surface area (Å²) in [6.45, 7) is 9.75. The predicted octanol–water partition coefficient (Wildman–Crippen LogP) is 2.77. The Morgan fingerprint density at radius 1 is 1.50 bits per heavy atom. The highest BCUT2D eigenvalue weighted by Crippen LogP contribution is 2.10.